The van der Waals surface area contributed by atoms with Gasteiger partial charge in [-0.1, -0.05) is 42.2 Å². The van der Waals surface area contributed by atoms with Gasteiger partial charge in [-0.25, -0.2) is 0 Å². The zero-order valence-corrected chi connectivity index (χ0v) is 16.3. The lowest BCUT2D eigenvalue weighted by atomic mass is 9.97. The first-order valence-corrected chi connectivity index (χ1v) is 9.13. The maximum Gasteiger partial charge on any atom is 0.193 e. The van der Waals surface area contributed by atoms with E-state index in [1.165, 1.54) is 0 Å². The van der Waals surface area contributed by atoms with Crippen LogP contribution >= 0.6 is 0 Å². The molecular weight excluding hydrogens is 360 g/mol. The summed E-state index contributed by atoms with van der Waals surface area (Å²) in [6, 6.07) is 22.1. The molecule has 4 nitrogen and oxygen atoms in total. The van der Waals surface area contributed by atoms with Gasteiger partial charge in [0.1, 0.15) is 5.75 Å². The molecule has 142 valence electrons. The van der Waals surface area contributed by atoms with Gasteiger partial charge in [-0.2, -0.15) is 5.26 Å². The van der Waals surface area contributed by atoms with E-state index in [0.717, 1.165) is 16.8 Å². The number of carbonyl (C=O) groups excluding carboxylic acids is 1. The van der Waals surface area contributed by atoms with Crippen molar-refractivity contribution in [2.75, 3.05) is 19.0 Å². The maximum absolute atomic E-state index is 12.6. The van der Waals surface area contributed by atoms with Crippen molar-refractivity contribution in [1.82, 2.24) is 0 Å². The van der Waals surface area contributed by atoms with E-state index in [0.29, 0.717) is 29.0 Å². The second-order valence-electron chi connectivity index (χ2n) is 6.41. The summed E-state index contributed by atoms with van der Waals surface area (Å²) in [7, 11) is 1.56. The lowest BCUT2D eigenvalue weighted by molar-refractivity contribution is 0.103. The highest BCUT2D eigenvalue weighted by Crippen LogP contribution is 2.25. The number of anilines is 1. The normalized spacial score (nSPS) is 9.69. The molecule has 0 aliphatic rings. The van der Waals surface area contributed by atoms with Crippen LogP contribution in [0.5, 0.6) is 5.75 Å². The predicted molar refractivity (Wildman–Crippen MR) is 114 cm³/mol. The van der Waals surface area contributed by atoms with Crippen molar-refractivity contribution >= 4 is 11.5 Å². The van der Waals surface area contributed by atoms with Crippen molar-refractivity contribution in [2.24, 2.45) is 0 Å². The summed E-state index contributed by atoms with van der Waals surface area (Å²) in [6.45, 7) is 2.34. The van der Waals surface area contributed by atoms with Gasteiger partial charge in [0.2, 0.25) is 0 Å². The van der Waals surface area contributed by atoms with Gasteiger partial charge in [0.25, 0.3) is 0 Å². The zero-order valence-electron chi connectivity index (χ0n) is 16.3. The Kier molecular flexibility index (Phi) is 6.30. The molecule has 0 aliphatic carbocycles. The van der Waals surface area contributed by atoms with Crippen molar-refractivity contribution in [3.05, 3.63) is 94.5 Å². The van der Waals surface area contributed by atoms with Crippen molar-refractivity contribution in [2.45, 2.75) is 6.92 Å². The van der Waals surface area contributed by atoms with E-state index in [-0.39, 0.29) is 5.78 Å². The molecule has 29 heavy (non-hydrogen) atoms. The lowest BCUT2D eigenvalue weighted by Crippen LogP contribution is -2.04. The SMILES string of the molecule is COc1cc(C#N)ccc1NCC#Cc1ccc(C(=O)c2ccccc2)c(C)c1. The summed E-state index contributed by atoms with van der Waals surface area (Å²) in [6.07, 6.45) is 0. The molecule has 0 saturated carbocycles. The molecule has 0 aromatic heterocycles. The second kappa shape index (κ2) is 9.26. The average molecular weight is 380 g/mol. The van der Waals surface area contributed by atoms with E-state index in [9.17, 15) is 4.79 Å². The predicted octanol–water partition coefficient (Wildman–Crippen LogP) is 4.57. The summed E-state index contributed by atoms with van der Waals surface area (Å²) in [5.74, 6) is 6.79. The molecule has 0 atom stereocenters. The van der Waals surface area contributed by atoms with Crippen LogP contribution in [0.15, 0.2) is 66.7 Å². The molecule has 0 heterocycles. The first kappa shape index (κ1) is 19.7. The summed E-state index contributed by atoms with van der Waals surface area (Å²) < 4.78 is 5.30. The van der Waals surface area contributed by atoms with Gasteiger partial charge in [0.05, 0.1) is 31.0 Å². The van der Waals surface area contributed by atoms with Crippen LogP contribution in [0.3, 0.4) is 0 Å². The standard InChI is InChI=1S/C25H20N2O2/c1-18-15-19(10-12-22(18)25(28)21-8-4-3-5-9-21)7-6-14-27-23-13-11-20(17-26)16-24(23)29-2/h3-5,8-13,15-16,27H,14H2,1-2H3. The molecule has 0 radical (unpaired) electrons. The fraction of sp³-hybridized carbons (Fsp3) is 0.120. The largest absolute Gasteiger partial charge is 0.495 e. The quantitative estimate of drug-likeness (QED) is 0.520. The van der Waals surface area contributed by atoms with Crippen LogP contribution in [0.4, 0.5) is 5.69 Å². The Morgan fingerprint density at radius 1 is 1.03 bits per heavy atom. The Hall–Kier alpha value is -4.02. The Labute approximate surface area is 170 Å². The number of ketones is 1. The Balaban J connectivity index is 1.68. The number of methoxy groups -OCH3 is 1. The van der Waals surface area contributed by atoms with Crippen LogP contribution in [-0.4, -0.2) is 19.4 Å². The van der Waals surface area contributed by atoms with Crippen LogP contribution in [0, 0.1) is 30.1 Å². The molecular formula is C25H20N2O2. The number of benzene rings is 3. The minimum absolute atomic E-state index is 0.0113. The molecule has 0 aliphatic heterocycles. The monoisotopic (exact) mass is 380 g/mol. The highest BCUT2D eigenvalue weighted by atomic mass is 16.5. The molecule has 3 aromatic rings. The van der Waals surface area contributed by atoms with E-state index in [4.69, 9.17) is 10.00 Å². The molecule has 0 bridgehead atoms. The third kappa shape index (κ3) is 4.83. The van der Waals surface area contributed by atoms with E-state index >= 15 is 0 Å². The van der Waals surface area contributed by atoms with Crippen LogP contribution in [-0.2, 0) is 0 Å². The third-order valence-corrected chi connectivity index (χ3v) is 4.44. The Bertz CT molecular complexity index is 1130. The van der Waals surface area contributed by atoms with Gasteiger partial charge in [-0.15, -0.1) is 0 Å². The lowest BCUT2D eigenvalue weighted by Gasteiger charge is -2.09. The highest BCUT2D eigenvalue weighted by Gasteiger charge is 2.11. The number of ether oxygens (including phenoxy) is 1. The Morgan fingerprint density at radius 2 is 1.79 bits per heavy atom. The van der Waals surface area contributed by atoms with Crippen LogP contribution < -0.4 is 10.1 Å². The van der Waals surface area contributed by atoms with Gasteiger partial charge < -0.3 is 10.1 Å². The molecule has 4 heteroatoms. The van der Waals surface area contributed by atoms with Crippen LogP contribution in [0.1, 0.15) is 32.6 Å². The number of nitrogens with zero attached hydrogens (tertiary/aromatic N) is 1. The molecule has 1 N–H and O–H groups in total. The smallest absolute Gasteiger partial charge is 0.193 e. The van der Waals surface area contributed by atoms with Gasteiger partial charge in [0.15, 0.2) is 5.78 Å². The van der Waals surface area contributed by atoms with Crippen LogP contribution in [0.2, 0.25) is 0 Å². The van der Waals surface area contributed by atoms with Crippen molar-refractivity contribution in [1.29, 1.82) is 5.26 Å². The Morgan fingerprint density at radius 3 is 2.48 bits per heavy atom. The topological polar surface area (TPSA) is 62.1 Å². The molecule has 0 unspecified atom stereocenters. The summed E-state index contributed by atoms with van der Waals surface area (Å²) in [5.41, 5.74) is 4.42. The summed E-state index contributed by atoms with van der Waals surface area (Å²) >= 11 is 0. The first-order valence-electron chi connectivity index (χ1n) is 9.13. The highest BCUT2D eigenvalue weighted by molar-refractivity contribution is 6.09. The molecule has 3 rings (SSSR count). The number of rotatable bonds is 5. The van der Waals surface area contributed by atoms with E-state index in [2.05, 4.69) is 23.2 Å². The van der Waals surface area contributed by atoms with Gasteiger partial charge in [0, 0.05) is 22.8 Å². The van der Waals surface area contributed by atoms with Gasteiger partial charge in [-0.05, 0) is 42.8 Å². The number of nitrogens with one attached hydrogen (secondary N) is 1. The van der Waals surface area contributed by atoms with Gasteiger partial charge >= 0.3 is 0 Å². The molecule has 0 amide bonds. The average Bonchev–Trinajstić information content (AvgIpc) is 2.77. The summed E-state index contributed by atoms with van der Waals surface area (Å²) in [4.78, 5) is 12.6. The minimum Gasteiger partial charge on any atom is -0.495 e. The van der Waals surface area contributed by atoms with Crippen molar-refractivity contribution in [3.63, 3.8) is 0 Å². The maximum atomic E-state index is 12.6. The number of aryl methyl sites for hydroxylation is 1. The summed E-state index contributed by atoms with van der Waals surface area (Å²) in [5, 5.41) is 12.1. The van der Waals surface area contributed by atoms with Crippen molar-refractivity contribution in [3.8, 4) is 23.7 Å². The zero-order chi connectivity index (χ0) is 20.6. The van der Waals surface area contributed by atoms with Crippen molar-refractivity contribution < 1.29 is 9.53 Å². The van der Waals surface area contributed by atoms with E-state index in [1.807, 2.05) is 55.5 Å². The molecule has 0 saturated heterocycles. The fourth-order valence-electron chi connectivity index (χ4n) is 2.93. The third-order valence-electron chi connectivity index (χ3n) is 4.44. The number of carbonyl (C=O) groups is 1. The molecule has 3 aromatic carbocycles. The van der Waals surface area contributed by atoms with E-state index < -0.39 is 0 Å². The molecule has 0 fully saturated rings. The number of hydrogen-bond acceptors (Lipinski definition) is 4. The van der Waals surface area contributed by atoms with Gasteiger partial charge in [-0.3, -0.25) is 4.79 Å². The minimum atomic E-state index is 0.0113. The molecule has 0 spiro atoms. The number of nitriles is 1. The van der Waals surface area contributed by atoms with E-state index in [1.54, 1.807) is 25.3 Å². The number of hydrogen-bond donors (Lipinski definition) is 1. The fourth-order valence-corrected chi connectivity index (χ4v) is 2.93. The van der Waals surface area contributed by atoms with Crippen LogP contribution in [0.25, 0.3) is 0 Å². The second-order valence-corrected chi connectivity index (χ2v) is 6.41. The first-order chi connectivity index (χ1) is 14.1.